The van der Waals surface area contributed by atoms with Crippen molar-refractivity contribution in [3.8, 4) is 0 Å². The lowest BCUT2D eigenvalue weighted by atomic mass is 10.0. The molecule has 2 heterocycles. The lowest BCUT2D eigenvalue weighted by Crippen LogP contribution is -2.50. The van der Waals surface area contributed by atoms with E-state index in [-0.39, 0.29) is 6.10 Å². The molecule has 0 aromatic heterocycles. The van der Waals surface area contributed by atoms with Crippen molar-refractivity contribution in [3.05, 3.63) is 34.3 Å². The fourth-order valence-corrected chi connectivity index (χ4v) is 3.56. The van der Waals surface area contributed by atoms with Crippen LogP contribution in [-0.2, 0) is 11.2 Å². The maximum absolute atomic E-state index is 10.4. The Morgan fingerprint density at radius 3 is 3.15 bits per heavy atom. The van der Waals surface area contributed by atoms with Crippen molar-refractivity contribution in [3.63, 3.8) is 0 Å². The Morgan fingerprint density at radius 2 is 2.35 bits per heavy atom. The average molecular weight is 296 g/mol. The molecule has 1 aromatic rings. The fourth-order valence-electron chi connectivity index (χ4n) is 3.25. The zero-order valence-electron chi connectivity index (χ0n) is 11.9. The molecule has 2 aliphatic rings. The highest BCUT2D eigenvalue weighted by molar-refractivity contribution is 6.31. The van der Waals surface area contributed by atoms with E-state index in [9.17, 15) is 5.11 Å². The van der Waals surface area contributed by atoms with Crippen LogP contribution in [-0.4, -0.2) is 48.0 Å². The van der Waals surface area contributed by atoms with Gasteiger partial charge in [-0.05, 0) is 43.5 Å². The second kappa shape index (κ2) is 6.02. The molecule has 2 aliphatic heterocycles. The van der Waals surface area contributed by atoms with Gasteiger partial charge in [-0.1, -0.05) is 23.7 Å². The highest BCUT2D eigenvalue weighted by atomic mass is 35.5. The number of rotatable bonds is 3. The topological polar surface area (TPSA) is 32.7 Å². The summed E-state index contributed by atoms with van der Waals surface area (Å²) in [6.45, 7) is 4.76. The summed E-state index contributed by atoms with van der Waals surface area (Å²) in [5.41, 5.74) is 2.14. The van der Waals surface area contributed by atoms with E-state index in [2.05, 4.69) is 4.90 Å². The SMILES string of the molecule is Cc1ccc(CC(O)C2CN3CCCC3CO2)c(Cl)c1. The summed E-state index contributed by atoms with van der Waals surface area (Å²) in [6.07, 6.45) is 2.45. The highest BCUT2D eigenvalue weighted by Gasteiger charge is 2.35. The summed E-state index contributed by atoms with van der Waals surface area (Å²) in [4.78, 5) is 2.45. The third-order valence-corrected chi connectivity index (χ3v) is 4.83. The number of benzene rings is 1. The number of fused-ring (bicyclic) bond motifs is 1. The zero-order valence-corrected chi connectivity index (χ0v) is 12.6. The monoisotopic (exact) mass is 295 g/mol. The molecule has 0 aliphatic carbocycles. The van der Waals surface area contributed by atoms with Crippen molar-refractivity contribution in [1.82, 2.24) is 4.90 Å². The maximum Gasteiger partial charge on any atom is 0.0964 e. The molecule has 20 heavy (non-hydrogen) atoms. The van der Waals surface area contributed by atoms with Crippen LogP contribution in [0, 0.1) is 6.92 Å². The van der Waals surface area contributed by atoms with Crippen LogP contribution in [0.1, 0.15) is 24.0 Å². The average Bonchev–Trinajstić information content (AvgIpc) is 2.89. The molecule has 3 rings (SSSR count). The minimum absolute atomic E-state index is 0.0956. The Morgan fingerprint density at radius 1 is 1.50 bits per heavy atom. The molecule has 0 bridgehead atoms. The molecule has 0 saturated carbocycles. The third kappa shape index (κ3) is 3.01. The smallest absolute Gasteiger partial charge is 0.0964 e. The molecule has 4 heteroatoms. The van der Waals surface area contributed by atoms with Crippen LogP contribution in [0.3, 0.4) is 0 Å². The number of morpholine rings is 1. The van der Waals surface area contributed by atoms with Crippen LogP contribution in [0.5, 0.6) is 0 Å². The molecular weight excluding hydrogens is 274 g/mol. The maximum atomic E-state index is 10.4. The molecule has 2 saturated heterocycles. The van der Waals surface area contributed by atoms with E-state index in [4.69, 9.17) is 16.3 Å². The van der Waals surface area contributed by atoms with Gasteiger partial charge in [-0.3, -0.25) is 4.90 Å². The van der Waals surface area contributed by atoms with E-state index in [1.807, 2.05) is 25.1 Å². The Bertz CT molecular complexity index is 480. The van der Waals surface area contributed by atoms with Crippen LogP contribution >= 0.6 is 11.6 Å². The third-order valence-electron chi connectivity index (χ3n) is 4.48. The molecule has 3 unspecified atom stereocenters. The zero-order chi connectivity index (χ0) is 14.1. The van der Waals surface area contributed by atoms with Gasteiger partial charge in [0.2, 0.25) is 0 Å². The first-order valence-electron chi connectivity index (χ1n) is 7.42. The minimum Gasteiger partial charge on any atom is -0.390 e. The number of aliphatic hydroxyl groups is 1. The van der Waals surface area contributed by atoms with Crippen molar-refractivity contribution in [1.29, 1.82) is 0 Å². The van der Waals surface area contributed by atoms with Gasteiger partial charge in [0.1, 0.15) is 0 Å². The number of hydrogen-bond acceptors (Lipinski definition) is 3. The molecule has 110 valence electrons. The van der Waals surface area contributed by atoms with Crippen LogP contribution < -0.4 is 0 Å². The van der Waals surface area contributed by atoms with Crippen molar-refractivity contribution >= 4 is 11.6 Å². The molecule has 2 fully saturated rings. The van der Waals surface area contributed by atoms with Gasteiger partial charge in [0.25, 0.3) is 0 Å². The van der Waals surface area contributed by atoms with Gasteiger partial charge in [0.15, 0.2) is 0 Å². The standard InChI is InChI=1S/C16H22ClNO2/c1-11-4-5-12(14(17)7-11)8-15(19)16-9-18-6-2-3-13(18)10-20-16/h4-5,7,13,15-16,19H,2-3,6,8-10H2,1H3. The summed E-state index contributed by atoms with van der Waals surface area (Å²) in [5, 5.41) is 11.2. The van der Waals surface area contributed by atoms with Gasteiger partial charge in [0.05, 0.1) is 18.8 Å². The van der Waals surface area contributed by atoms with Gasteiger partial charge in [-0.2, -0.15) is 0 Å². The van der Waals surface area contributed by atoms with Gasteiger partial charge in [0, 0.05) is 24.0 Å². The summed E-state index contributed by atoms with van der Waals surface area (Å²) in [7, 11) is 0. The van der Waals surface area contributed by atoms with Crippen LogP contribution in [0.15, 0.2) is 18.2 Å². The number of aryl methyl sites for hydroxylation is 1. The first kappa shape index (κ1) is 14.3. The predicted molar refractivity (Wildman–Crippen MR) is 80.2 cm³/mol. The molecule has 3 nitrogen and oxygen atoms in total. The number of ether oxygens (including phenoxy) is 1. The molecule has 0 amide bonds. The fraction of sp³-hybridized carbons (Fsp3) is 0.625. The van der Waals surface area contributed by atoms with Crippen molar-refractivity contribution in [2.75, 3.05) is 19.7 Å². The summed E-state index contributed by atoms with van der Waals surface area (Å²) in [6, 6.07) is 6.55. The summed E-state index contributed by atoms with van der Waals surface area (Å²) in [5.74, 6) is 0. The van der Waals surface area contributed by atoms with E-state index >= 15 is 0 Å². The first-order valence-corrected chi connectivity index (χ1v) is 7.80. The molecule has 1 N–H and O–H groups in total. The van der Waals surface area contributed by atoms with E-state index < -0.39 is 6.10 Å². The normalized spacial score (nSPS) is 28.4. The number of halogens is 1. The van der Waals surface area contributed by atoms with Crippen molar-refractivity contribution in [2.24, 2.45) is 0 Å². The summed E-state index contributed by atoms with van der Waals surface area (Å²) >= 11 is 6.24. The van der Waals surface area contributed by atoms with Crippen LogP contribution in [0.4, 0.5) is 0 Å². The lowest BCUT2D eigenvalue weighted by molar-refractivity contribution is -0.101. The quantitative estimate of drug-likeness (QED) is 0.929. The minimum atomic E-state index is -0.489. The Kier molecular flexibility index (Phi) is 4.32. The second-order valence-corrected chi connectivity index (χ2v) is 6.44. The van der Waals surface area contributed by atoms with Gasteiger partial charge >= 0.3 is 0 Å². The van der Waals surface area contributed by atoms with Crippen molar-refractivity contribution < 1.29 is 9.84 Å². The lowest BCUT2D eigenvalue weighted by Gasteiger charge is -2.37. The number of hydrogen-bond donors (Lipinski definition) is 1. The van der Waals surface area contributed by atoms with E-state index in [1.54, 1.807) is 0 Å². The van der Waals surface area contributed by atoms with Crippen LogP contribution in [0.25, 0.3) is 0 Å². The molecule has 1 aromatic carbocycles. The van der Waals surface area contributed by atoms with Crippen molar-refractivity contribution in [2.45, 2.75) is 44.4 Å². The Balaban J connectivity index is 1.62. The van der Waals surface area contributed by atoms with Gasteiger partial charge in [-0.15, -0.1) is 0 Å². The van der Waals surface area contributed by atoms with E-state index in [0.29, 0.717) is 12.5 Å². The number of nitrogens with zero attached hydrogens (tertiary/aromatic N) is 1. The molecular formula is C16H22ClNO2. The Labute approximate surface area is 125 Å². The van der Waals surface area contributed by atoms with Gasteiger partial charge in [-0.25, -0.2) is 0 Å². The predicted octanol–water partition coefficient (Wildman–Crippen LogP) is 2.42. The Hall–Kier alpha value is -0.610. The first-order chi connectivity index (χ1) is 9.63. The molecule has 3 atom stereocenters. The molecule has 0 radical (unpaired) electrons. The van der Waals surface area contributed by atoms with Crippen LogP contribution in [0.2, 0.25) is 5.02 Å². The van der Waals surface area contributed by atoms with E-state index in [1.165, 1.54) is 12.8 Å². The largest absolute Gasteiger partial charge is 0.390 e. The number of aliphatic hydroxyl groups excluding tert-OH is 1. The van der Waals surface area contributed by atoms with Gasteiger partial charge < -0.3 is 9.84 Å². The van der Waals surface area contributed by atoms with E-state index in [0.717, 1.165) is 35.8 Å². The second-order valence-electron chi connectivity index (χ2n) is 6.03. The highest BCUT2D eigenvalue weighted by Crippen LogP contribution is 2.26. The summed E-state index contributed by atoms with van der Waals surface area (Å²) < 4.78 is 5.85. The molecule has 0 spiro atoms.